The largest absolute Gasteiger partial charge is 0.401 e. The maximum Gasteiger partial charge on any atom is 0.401 e. The van der Waals surface area contributed by atoms with Gasteiger partial charge in [-0.15, -0.1) is 11.3 Å². The molecule has 0 bridgehead atoms. The second-order valence-electron chi connectivity index (χ2n) is 9.50. The summed E-state index contributed by atoms with van der Waals surface area (Å²) >= 11 is 1.59. The van der Waals surface area contributed by atoms with E-state index in [4.69, 9.17) is 0 Å². The van der Waals surface area contributed by atoms with Gasteiger partial charge in [-0.1, -0.05) is 0 Å². The molecule has 4 rings (SSSR count). The zero-order chi connectivity index (χ0) is 23.1. The number of halogens is 5. The molecule has 1 aromatic heterocycles. The molecule has 3 aliphatic rings. The van der Waals surface area contributed by atoms with Crippen LogP contribution in [0.3, 0.4) is 0 Å². The van der Waals surface area contributed by atoms with Crippen molar-refractivity contribution in [3.8, 4) is 0 Å². The third-order valence-corrected chi connectivity index (χ3v) is 8.01. The molecule has 2 saturated carbocycles. The van der Waals surface area contributed by atoms with Gasteiger partial charge in [-0.3, -0.25) is 9.69 Å². The number of alkyl halides is 5. The smallest absolute Gasteiger partial charge is 0.349 e. The molecule has 0 radical (unpaired) electrons. The van der Waals surface area contributed by atoms with Crippen molar-refractivity contribution in [3.05, 3.63) is 21.4 Å². The van der Waals surface area contributed by atoms with Gasteiger partial charge >= 0.3 is 6.18 Å². The lowest BCUT2D eigenvalue weighted by Crippen LogP contribution is -2.46. The molecule has 0 aromatic carbocycles. The minimum Gasteiger partial charge on any atom is -0.349 e. The van der Waals surface area contributed by atoms with Crippen molar-refractivity contribution in [1.82, 2.24) is 15.5 Å². The number of hydrogen-bond acceptors (Lipinski definition) is 4. The lowest BCUT2D eigenvalue weighted by atomic mass is 9.92. The third kappa shape index (κ3) is 6.20. The summed E-state index contributed by atoms with van der Waals surface area (Å²) in [5.74, 6) is -2.49. The molecule has 4 nitrogen and oxygen atoms in total. The van der Waals surface area contributed by atoms with E-state index >= 15 is 0 Å². The number of aryl methyl sites for hydroxylation is 1. The van der Waals surface area contributed by atoms with Gasteiger partial charge < -0.3 is 10.6 Å². The highest BCUT2D eigenvalue weighted by Crippen LogP contribution is 2.45. The van der Waals surface area contributed by atoms with Gasteiger partial charge in [0.25, 0.3) is 5.91 Å². The van der Waals surface area contributed by atoms with Crippen LogP contribution in [0, 0.1) is 6.92 Å². The number of rotatable bonds is 6. The minimum atomic E-state index is -4.15. The summed E-state index contributed by atoms with van der Waals surface area (Å²) in [7, 11) is 0. The standard InChI is InChI=1S/C22H30F5N3OS/c1-13-16(20(31)29-14-2-6-21(23,24)7-3-14)11-19(32-13)17-10-18(17)28-15-4-8-30(9-5-15)12-22(25,26)27/h11,14-15,17-18,28H,2-10,12H2,1H3,(H,29,31). The summed E-state index contributed by atoms with van der Waals surface area (Å²) in [5, 5.41) is 6.50. The first kappa shape index (κ1) is 23.9. The Bertz CT molecular complexity index is 809. The number of carbonyl (C=O) groups excluding carboxylic acids is 1. The molecule has 2 N–H and O–H groups in total. The number of amides is 1. The van der Waals surface area contributed by atoms with Crippen molar-refractivity contribution < 1.29 is 26.7 Å². The molecule has 180 valence electrons. The fraction of sp³-hybridized carbons (Fsp3) is 0.773. The molecule has 1 amide bonds. The maximum absolute atomic E-state index is 13.3. The zero-order valence-electron chi connectivity index (χ0n) is 18.1. The maximum atomic E-state index is 13.3. The predicted molar refractivity (Wildman–Crippen MR) is 114 cm³/mol. The number of nitrogens with one attached hydrogen (secondary N) is 2. The third-order valence-electron chi connectivity index (χ3n) is 6.83. The summed E-state index contributed by atoms with van der Waals surface area (Å²) in [4.78, 5) is 16.2. The summed E-state index contributed by atoms with van der Waals surface area (Å²) in [5.41, 5.74) is 0.619. The first-order valence-electron chi connectivity index (χ1n) is 11.3. The van der Waals surface area contributed by atoms with Crippen LogP contribution < -0.4 is 10.6 Å². The molecule has 2 unspecified atom stereocenters. The van der Waals surface area contributed by atoms with E-state index in [1.165, 1.54) is 4.90 Å². The van der Waals surface area contributed by atoms with Crippen LogP contribution in [0.25, 0.3) is 0 Å². The highest BCUT2D eigenvalue weighted by molar-refractivity contribution is 7.12. The molecule has 2 aliphatic carbocycles. The van der Waals surface area contributed by atoms with E-state index in [0.717, 1.165) is 16.2 Å². The number of nitrogens with zero attached hydrogens (tertiary/aromatic N) is 1. The van der Waals surface area contributed by atoms with Crippen molar-refractivity contribution >= 4 is 17.2 Å². The summed E-state index contributed by atoms with van der Waals surface area (Å²) in [6.07, 6.45) is -1.55. The van der Waals surface area contributed by atoms with Crippen molar-refractivity contribution in [2.24, 2.45) is 0 Å². The molecular formula is C22H30F5N3OS. The normalized spacial score (nSPS) is 27.4. The van der Waals surface area contributed by atoms with E-state index in [1.54, 1.807) is 11.3 Å². The fourth-order valence-electron chi connectivity index (χ4n) is 4.87. The van der Waals surface area contributed by atoms with Crippen LogP contribution in [0.15, 0.2) is 6.07 Å². The zero-order valence-corrected chi connectivity index (χ0v) is 18.9. The van der Waals surface area contributed by atoms with Gasteiger partial charge in [0.1, 0.15) is 0 Å². The number of hydrogen-bond donors (Lipinski definition) is 2. The van der Waals surface area contributed by atoms with Crippen molar-refractivity contribution in [1.29, 1.82) is 0 Å². The molecule has 32 heavy (non-hydrogen) atoms. The van der Waals surface area contributed by atoms with Gasteiger partial charge in [0.2, 0.25) is 5.92 Å². The van der Waals surface area contributed by atoms with Crippen molar-refractivity contribution in [3.63, 3.8) is 0 Å². The van der Waals surface area contributed by atoms with Crippen LogP contribution in [0.1, 0.15) is 71.0 Å². The molecule has 1 aromatic rings. The molecule has 1 aliphatic heterocycles. The van der Waals surface area contributed by atoms with E-state index < -0.39 is 18.6 Å². The summed E-state index contributed by atoms with van der Waals surface area (Å²) < 4.78 is 64.3. The predicted octanol–water partition coefficient (Wildman–Crippen LogP) is 4.84. The van der Waals surface area contributed by atoms with Crippen LogP contribution in [-0.2, 0) is 0 Å². The Morgan fingerprint density at radius 2 is 1.81 bits per heavy atom. The van der Waals surface area contributed by atoms with Crippen molar-refractivity contribution in [2.75, 3.05) is 19.6 Å². The Morgan fingerprint density at radius 1 is 1.16 bits per heavy atom. The Morgan fingerprint density at radius 3 is 2.44 bits per heavy atom. The molecular weight excluding hydrogens is 449 g/mol. The Hall–Kier alpha value is -1.26. The minimum absolute atomic E-state index is 0.184. The highest BCUT2D eigenvalue weighted by atomic mass is 32.1. The van der Waals surface area contributed by atoms with Crippen LogP contribution in [0.5, 0.6) is 0 Å². The van der Waals surface area contributed by atoms with Gasteiger partial charge in [-0.25, -0.2) is 8.78 Å². The van der Waals surface area contributed by atoms with Crippen LogP contribution in [0.2, 0.25) is 0 Å². The first-order valence-corrected chi connectivity index (χ1v) is 12.1. The fourth-order valence-corrected chi connectivity index (χ4v) is 6.07. The monoisotopic (exact) mass is 479 g/mol. The molecule has 0 spiro atoms. The van der Waals surface area contributed by atoms with E-state index in [-0.39, 0.29) is 30.8 Å². The second-order valence-corrected chi connectivity index (χ2v) is 10.8. The topological polar surface area (TPSA) is 44.4 Å². The Labute approximate surface area is 188 Å². The Balaban J connectivity index is 1.24. The van der Waals surface area contributed by atoms with E-state index in [2.05, 4.69) is 10.6 Å². The summed E-state index contributed by atoms with van der Waals surface area (Å²) in [6.45, 7) is 1.96. The molecule has 10 heteroatoms. The number of carbonyl (C=O) groups is 1. The Kier molecular flexibility index (Phi) is 6.85. The quantitative estimate of drug-likeness (QED) is 0.574. The molecule has 1 saturated heterocycles. The van der Waals surface area contributed by atoms with E-state index in [9.17, 15) is 26.7 Å². The van der Waals surface area contributed by atoms with E-state index in [0.29, 0.717) is 56.3 Å². The van der Waals surface area contributed by atoms with Crippen LogP contribution in [0.4, 0.5) is 22.0 Å². The lowest BCUT2D eigenvalue weighted by Gasteiger charge is -2.33. The van der Waals surface area contributed by atoms with E-state index in [1.807, 2.05) is 13.0 Å². The average Bonchev–Trinajstić information content (AvgIpc) is 3.35. The molecule has 2 atom stereocenters. The van der Waals surface area contributed by atoms with Gasteiger partial charge in [0.05, 0.1) is 12.1 Å². The lowest BCUT2D eigenvalue weighted by molar-refractivity contribution is -0.148. The number of likely N-dealkylation sites (tertiary alicyclic amines) is 1. The number of thiophene rings is 1. The van der Waals surface area contributed by atoms with Gasteiger partial charge in [0, 0.05) is 46.6 Å². The van der Waals surface area contributed by atoms with Gasteiger partial charge in [-0.05, 0) is 58.2 Å². The van der Waals surface area contributed by atoms with Gasteiger partial charge in [0.15, 0.2) is 0 Å². The van der Waals surface area contributed by atoms with Crippen molar-refractivity contribution in [2.45, 2.75) is 88.0 Å². The first-order chi connectivity index (χ1) is 15.0. The average molecular weight is 480 g/mol. The molecule has 3 fully saturated rings. The van der Waals surface area contributed by atoms with Crippen LogP contribution in [-0.4, -0.2) is 60.7 Å². The van der Waals surface area contributed by atoms with Crippen LogP contribution >= 0.6 is 11.3 Å². The SMILES string of the molecule is Cc1sc(C2CC2NC2CCN(CC(F)(F)F)CC2)cc1C(=O)NC1CCC(F)(F)CC1. The second kappa shape index (κ2) is 9.18. The highest BCUT2D eigenvalue weighted by Gasteiger charge is 2.42. The molecule has 2 heterocycles. The number of piperidine rings is 1. The summed E-state index contributed by atoms with van der Waals surface area (Å²) in [6, 6.07) is 2.24. The van der Waals surface area contributed by atoms with Gasteiger partial charge in [-0.2, -0.15) is 13.2 Å².